The Bertz CT molecular complexity index is 648. The summed E-state index contributed by atoms with van der Waals surface area (Å²) in [6.45, 7) is 6.64. The third-order valence-corrected chi connectivity index (χ3v) is 7.03. The van der Waals surface area contributed by atoms with Crippen LogP contribution in [0.3, 0.4) is 0 Å². The monoisotopic (exact) mass is 356 g/mol. The van der Waals surface area contributed by atoms with Crippen molar-refractivity contribution in [1.29, 1.82) is 0 Å². The molecule has 3 nitrogen and oxygen atoms in total. The lowest BCUT2D eigenvalue weighted by Crippen LogP contribution is -2.42. The molecule has 0 N–H and O–H groups in total. The van der Waals surface area contributed by atoms with Crippen molar-refractivity contribution >= 4 is 22.6 Å². The lowest BCUT2D eigenvalue weighted by atomic mass is 10.1. The Labute approximate surface area is 155 Å². The van der Waals surface area contributed by atoms with Crippen molar-refractivity contribution in [2.45, 2.75) is 38.6 Å². The van der Waals surface area contributed by atoms with Crippen molar-refractivity contribution in [3.63, 3.8) is 0 Å². The average molecular weight is 357 g/mol. The number of likely N-dealkylation sites (tertiary alicyclic amines) is 2. The Kier molecular flexibility index (Phi) is 5.18. The highest BCUT2D eigenvalue weighted by Crippen LogP contribution is 2.36. The van der Waals surface area contributed by atoms with Gasteiger partial charge in [0.25, 0.3) is 5.91 Å². The second-order valence-electron chi connectivity index (χ2n) is 7.70. The van der Waals surface area contributed by atoms with Gasteiger partial charge in [0.15, 0.2) is 0 Å². The fourth-order valence-electron chi connectivity index (χ4n) is 4.25. The zero-order valence-corrected chi connectivity index (χ0v) is 15.9. The molecule has 3 aliphatic rings. The highest BCUT2D eigenvalue weighted by atomic mass is 32.2. The number of thioether (sulfide) groups is 1. The molecule has 2 fully saturated rings. The maximum absolute atomic E-state index is 13.0. The second-order valence-corrected chi connectivity index (χ2v) is 8.76. The number of hydrogen-bond donors (Lipinski definition) is 0. The minimum absolute atomic E-state index is 0.217. The second kappa shape index (κ2) is 7.55. The molecule has 1 aromatic carbocycles. The summed E-state index contributed by atoms with van der Waals surface area (Å²) in [6.07, 6.45) is 7.27. The molecule has 0 aliphatic carbocycles. The standard InChI is InChI=1S/C21H28N2OS/c1-16-13-20(25-15-16)17-6-8-18(9-7-17)21(24)23-12-4-5-19(23)14-22-10-2-3-11-22/h6-9,13,16,19H,2-5,10-12,14-15H2,1H3. The van der Waals surface area contributed by atoms with Crippen LogP contribution in [0.25, 0.3) is 4.91 Å². The molecule has 4 heteroatoms. The minimum atomic E-state index is 0.217. The molecule has 2 saturated heterocycles. The first-order valence-corrected chi connectivity index (χ1v) is 10.7. The summed E-state index contributed by atoms with van der Waals surface area (Å²) >= 11 is 1.92. The Morgan fingerprint density at radius 1 is 1.12 bits per heavy atom. The smallest absolute Gasteiger partial charge is 0.254 e. The molecule has 0 spiro atoms. The topological polar surface area (TPSA) is 23.6 Å². The third-order valence-electron chi connectivity index (χ3n) is 5.66. The number of hydrogen-bond acceptors (Lipinski definition) is 3. The highest BCUT2D eigenvalue weighted by molar-refractivity contribution is 8.08. The van der Waals surface area contributed by atoms with Crippen LogP contribution >= 0.6 is 11.8 Å². The summed E-state index contributed by atoms with van der Waals surface area (Å²) in [5.41, 5.74) is 2.09. The lowest BCUT2D eigenvalue weighted by Gasteiger charge is -2.28. The van der Waals surface area contributed by atoms with E-state index < -0.39 is 0 Å². The van der Waals surface area contributed by atoms with E-state index in [4.69, 9.17) is 0 Å². The van der Waals surface area contributed by atoms with Gasteiger partial charge in [-0.3, -0.25) is 4.79 Å². The van der Waals surface area contributed by atoms with Gasteiger partial charge in [-0.25, -0.2) is 0 Å². The number of rotatable bonds is 4. The van der Waals surface area contributed by atoms with E-state index in [0.717, 1.165) is 31.5 Å². The van der Waals surface area contributed by atoms with Gasteiger partial charge >= 0.3 is 0 Å². The molecule has 3 aliphatic heterocycles. The predicted molar refractivity (Wildman–Crippen MR) is 106 cm³/mol. The molecule has 2 unspecified atom stereocenters. The maximum Gasteiger partial charge on any atom is 0.254 e. The van der Waals surface area contributed by atoms with Crippen LogP contribution in [0.15, 0.2) is 30.3 Å². The van der Waals surface area contributed by atoms with Crippen LogP contribution in [0.5, 0.6) is 0 Å². The number of nitrogens with zero attached hydrogens (tertiary/aromatic N) is 2. The number of carbonyl (C=O) groups excluding carboxylic acids is 1. The van der Waals surface area contributed by atoms with Crippen LogP contribution in [0, 0.1) is 5.92 Å². The van der Waals surface area contributed by atoms with E-state index in [2.05, 4.69) is 34.9 Å². The predicted octanol–water partition coefficient (Wildman–Crippen LogP) is 4.11. The summed E-state index contributed by atoms with van der Waals surface area (Å²) in [5.74, 6) is 2.04. The van der Waals surface area contributed by atoms with Crippen LogP contribution in [0.4, 0.5) is 0 Å². The van der Waals surface area contributed by atoms with E-state index in [-0.39, 0.29) is 5.91 Å². The molecule has 3 heterocycles. The summed E-state index contributed by atoms with van der Waals surface area (Å²) in [4.78, 5) is 19.0. The molecule has 1 aromatic rings. The summed E-state index contributed by atoms with van der Waals surface area (Å²) < 4.78 is 0. The third kappa shape index (κ3) is 3.80. The summed E-state index contributed by atoms with van der Waals surface area (Å²) in [5, 5.41) is 0. The van der Waals surface area contributed by atoms with Crippen molar-refractivity contribution in [3.05, 3.63) is 41.5 Å². The molecule has 1 amide bonds. The highest BCUT2D eigenvalue weighted by Gasteiger charge is 2.31. The Balaban J connectivity index is 1.43. The van der Waals surface area contributed by atoms with E-state index in [9.17, 15) is 4.79 Å². The normalized spacial score (nSPS) is 27.1. The van der Waals surface area contributed by atoms with Crippen LogP contribution < -0.4 is 0 Å². The van der Waals surface area contributed by atoms with Gasteiger partial charge in [0.05, 0.1) is 0 Å². The molecule has 134 valence electrons. The zero-order valence-electron chi connectivity index (χ0n) is 15.1. The van der Waals surface area contributed by atoms with Gasteiger partial charge < -0.3 is 9.80 Å². The molecule has 0 bridgehead atoms. The molecule has 0 aromatic heterocycles. The first kappa shape index (κ1) is 17.2. The Morgan fingerprint density at radius 3 is 2.56 bits per heavy atom. The van der Waals surface area contributed by atoms with Gasteiger partial charge in [-0.05, 0) is 62.4 Å². The van der Waals surface area contributed by atoms with E-state index >= 15 is 0 Å². The maximum atomic E-state index is 13.0. The van der Waals surface area contributed by atoms with Crippen molar-refractivity contribution in [1.82, 2.24) is 9.80 Å². The van der Waals surface area contributed by atoms with Crippen molar-refractivity contribution in [3.8, 4) is 0 Å². The van der Waals surface area contributed by atoms with Gasteiger partial charge in [0.1, 0.15) is 0 Å². The van der Waals surface area contributed by atoms with E-state index in [1.165, 1.54) is 42.2 Å². The molecular formula is C21H28N2OS. The Hall–Kier alpha value is -1.26. The van der Waals surface area contributed by atoms with Crippen LogP contribution in [-0.2, 0) is 0 Å². The fraction of sp³-hybridized carbons (Fsp3) is 0.571. The lowest BCUT2D eigenvalue weighted by molar-refractivity contribution is 0.0709. The van der Waals surface area contributed by atoms with Crippen molar-refractivity contribution in [2.75, 3.05) is 31.9 Å². The largest absolute Gasteiger partial charge is 0.334 e. The number of carbonyl (C=O) groups is 1. The SMILES string of the molecule is CC1C=C(c2ccc(C(=O)N3CCCC3CN3CCCC3)cc2)SC1. The molecular weight excluding hydrogens is 328 g/mol. The summed E-state index contributed by atoms with van der Waals surface area (Å²) in [7, 11) is 0. The number of amides is 1. The first-order chi connectivity index (χ1) is 12.2. The van der Waals surface area contributed by atoms with Gasteiger partial charge in [-0.2, -0.15) is 0 Å². The quantitative estimate of drug-likeness (QED) is 0.811. The van der Waals surface area contributed by atoms with Gasteiger partial charge in [-0.15, -0.1) is 11.8 Å². The minimum Gasteiger partial charge on any atom is -0.334 e. The van der Waals surface area contributed by atoms with Crippen LogP contribution in [0.2, 0.25) is 0 Å². The van der Waals surface area contributed by atoms with Gasteiger partial charge in [-0.1, -0.05) is 25.1 Å². The van der Waals surface area contributed by atoms with E-state index in [1.807, 2.05) is 23.9 Å². The fourth-order valence-corrected chi connectivity index (χ4v) is 5.42. The molecule has 2 atom stereocenters. The first-order valence-electron chi connectivity index (χ1n) is 9.69. The van der Waals surface area contributed by atoms with Gasteiger partial charge in [0.2, 0.25) is 0 Å². The Morgan fingerprint density at radius 2 is 1.88 bits per heavy atom. The van der Waals surface area contributed by atoms with Crippen LogP contribution in [0.1, 0.15) is 48.5 Å². The molecule has 0 saturated carbocycles. The summed E-state index contributed by atoms with van der Waals surface area (Å²) in [6, 6.07) is 8.69. The zero-order chi connectivity index (χ0) is 17.2. The molecule has 0 radical (unpaired) electrons. The molecule has 4 rings (SSSR count). The average Bonchev–Trinajstić information content (AvgIpc) is 3.37. The van der Waals surface area contributed by atoms with E-state index in [0.29, 0.717) is 12.0 Å². The molecule has 25 heavy (non-hydrogen) atoms. The van der Waals surface area contributed by atoms with Crippen molar-refractivity contribution in [2.24, 2.45) is 5.92 Å². The number of allylic oxidation sites excluding steroid dienone is 1. The van der Waals surface area contributed by atoms with Crippen molar-refractivity contribution < 1.29 is 4.79 Å². The van der Waals surface area contributed by atoms with Gasteiger partial charge in [0, 0.05) is 35.4 Å². The van der Waals surface area contributed by atoms with Crippen LogP contribution in [-0.4, -0.2) is 53.7 Å². The number of benzene rings is 1. The van der Waals surface area contributed by atoms with E-state index in [1.54, 1.807) is 0 Å².